The SMILES string of the molecule is CC(C)C(=O)O.Cl.Cl.Cl. The van der Waals surface area contributed by atoms with Crippen LogP contribution in [0.15, 0.2) is 0 Å². The van der Waals surface area contributed by atoms with Gasteiger partial charge in [-0.05, 0) is 0 Å². The fourth-order valence-corrected chi connectivity index (χ4v) is 0. The Hall–Kier alpha value is 0.340. The van der Waals surface area contributed by atoms with Crippen LogP contribution in [0.2, 0.25) is 0 Å². The van der Waals surface area contributed by atoms with Crippen molar-refractivity contribution in [3.05, 3.63) is 0 Å². The number of halogens is 3. The van der Waals surface area contributed by atoms with Crippen LogP contribution in [0.5, 0.6) is 0 Å². The summed E-state index contributed by atoms with van der Waals surface area (Å²) in [7, 11) is 0. The molecule has 0 radical (unpaired) electrons. The lowest BCUT2D eigenvalue weighted by Crippen LogP contribution is -2.03. The second-order valence-corrected chi connectivity index (χ2v) is 1.49. The molecule has 0 atom stereocenters. The number of hydrogen-bond donors (Lipinski definition) is 1. The second-order valence-electron chi connectivity index (χ2n) is 1.49. The smallest absolute Gasteiger partial charge is 0.305 e. The van der Waals surface area contributed by atoms with Crippen molar-refractivity contribution in [1.82, 2.24) is 0 Å². The summed E-state index contributed by atoms with van der Waals surface area (Å²) in [6, 6.07) is 0. The molecular formula is C4H11Cl3O2. The van der Waals surface area contributed by atoms with E-state index in [0.29, 0.717) is 0 Å². The first-order valence-electron chi connectivity index (χ1n) is 1.87. The number of carboxylic acids is 1. The molecule has 0 fully saturated rings. The molecule has 0 heterocycles. The van der Waals surface area contributed by atoms with Gasteiger partial charge < -0.3 is 5.11 Å². The highest BCUT2D eigenvalue weighted by atomic mass is 35.5. The van der Waals surface area contributed by atoms with Crippen molar-refractivity contribution in [3.8, 4) is 0 Å². The average Bonchev–Trinajstić information content (AvgIpc) is 1.36. The Morgan fingerprint density at radius 2 is 1.33 bits per heavy atom. The summed E-state index contributed by atoms with van der Waals surface area (Å²) in [6.45, 7) is 3.28. The Balaban J connectivity index is -0.0000000417. The first-order valence-corrected chi connectivity index (χ1v) is 1.87. The zero-order chi connectivity index (χ0) is 5.15. The lowest BCUT2D eigenvalue weighted by Gasteiger charge is -1.89. The highest BCUT2D eigenvalue weighted by molar-refractivity contribution is 5.86. The van der Waals surface area contributed by atoms with Gasteiger partial charge in [-0.15, -0.1) is 37.2 Å². The van der Waals surface area contributed by atoms with Crippen LogP contribution in [0, 0.1) is 5.92 Å². The van der Waals surface area contributed by atoms with Crippen molar-refractivity contribution >= 4 is 43.2 Å². The third-order valence-electron chi connectivity index (χ3n) is 0.494. The van der Waals surface area contributed by atoms with Gasteiger partial charge in [-0.25, -0.2) is 0 Å². The quantitative estimate of drug-likeness (QED) is 0.698. The standard InChI is InChI=1S/C4H8O2.3ClH/c1-3(2)4(5)6;;;/h3H,1-2H3,(H,5,6);3*1H. The zero-order valence-electron chi connectivity index (χ0n) is 5.16. The van der Waals surface area contributed by atoms with E-state index in [4.69, 9.17) is 5.11 Å². The number of carbonyl (C=O) groups is 1. The molecular weight excluding hydrogens is 186 g/mol. The normalized spacial score (nSPS) is 6.11. The average molecular weight is 197 g/mol. The van der Waals surface area contributed by atoms with E-state index in [9.17, 15) is 4.79 Å². The molecule has 0 amide bonds. The molecule has 0 saturated heterocycles. The Kier molecular flexibility index (Phi) is 28.3. The first kappa shape index (κ1) is 22.8. The number of carboxylic acid groups (broad SMARTS) is 1. The number of aliphatic carboxylic acids is 1. The van der Waals surface area contributed by atoms with E-state index in [1.165, 1.54) is 0 Å². The Morgan fingerprint density at radius 1 is 1.22 bits per heavy atom. The summed E-state index contributed by atoms with van der Waals surface area (Å²) < 4.78 is 0. The predicted molar refractivity (Wildman–Crippen MR) is 44.2 cm³/mol. The van der Waals surface area contributed by atoms with Crippen LogP contribution in [0.1, 0.15) is 13.8 Å². The van der Waals surface area contributed by atoms with Gasteiger partial charge in [-0.1, -0.05) is 13.8 Å². The van der Waals surface area contributed by atoms with E-state index in [0.717, 1.165) is 0 Å². The third kappa shape index (κ3) is 17.8. The fourth-order valence-electron chi connectivity index (χ4n) is 0. The molecule has 0 aromatic heterocycles. The van der Waals surface area contributed by atoms with Gasteiger partial charge in [-0.3, -0.25) is 4.79 Å². The highest BCUT2D eigenvalue weighted by Crippen LogP contribution is 1.87. The van der Waals surface area contributed by atoms with E-state index in [-0.39, 0.29) is 43.1 Å². The summed E-state index contributed by atoms with van der Waals surface area (Å²) in [4.78, 5) is 9.70. The van der Waals surface area contributed by atoms with Crippen LogP contribution in [-0.4, -0.2) is 11.1 Å². The zero-order valence-corrected chi connectivity index (χ0v) is 7.61. The minimum absolute atomic E-state index is 0. The van der Waals surface area contributed by atoms with Crippen molar-refractivity contribution in [1.29, 1.82) is 0 Å². The molecule has 0 rings (SSSR count). The molecule has 0 unspecified atom stereocenters. The largest absolute Gasteiger partial charge is 0.481 e. The molecule has 9 heavy (non-hydrogen) atoms. The minimum Gasteiger partial charge on any atom is -0.481 e. The van der Waals surface area contributed by atoms with Crippen LogP contribution in [-0.2, 0) is 4.79 Å². The molecule has 5 heteroatoms. The molecule has 0 aliphatic rings. The monoisotopic (exact) mass is 196 g/mol. The molecule has 0 saturated carbocycles. The Labute approximate surface area is 73.2 Å². The van der Waals surface area contributed by atoms with Crippen molar-refractivity contribution in [3.63, 3.8) is 0 Å². The van der Waals surface area contributed by atoms with Crippen molar-refractivity contribution in [2.75, 3.05) is 0 Å². The predicted octanol–water partition coefficient (Wildman–Crippen LogP) is 1.99. The maximum Gasteiger partial charge on any atom is 0.305 e. The summed E-state index contributed by atoms with van der Waals surface area (Å²) in [5.74, 6) is -0.972. The lowest BCUT2D eigenvalue weighted by atomic mass is 10.2. The van der Waals surface area contributed by atoms with Gasteiger partial charge in [-0.2, -0.15) is 0 Å². The van der Waals surface area contributed by atoms with Crippen LogP contribution >= 0.6 is 37.2 Å². The van der Waals surface area contributed by atoms with E-state index in [1.54, 1.807) is 13.8 Å². The summed E-state index contributed by atoms with van der Waals surface area (Å²) >= 11 is 0. The van der Waals surface area contributed by atoms with Crippen LogP contribution in [0.25, 0.3) is 0 Å². The maximum atomic E-state index is 9.70. The molecule has 0 aliphatic carbocycles. The number of rotatable bonds is 1. The molecule has 0 aromatic rings. The van der Waals surface area contributed by atoms with E-state index in [2.05, 4.69) is 0 Å². The molecule has 60 valence electrons. The summed E-state index contributed by atoms with van der Waals surface area (Å²) in [5.41, 5.74) is 0. The summed E-state index contributed by atoms with van der Waals surface area (Å²) in [5, 5.41) is 7.99. The second kappa shape index (κ2) is 11.2. The van der Waals surface area contributed by atoms with Crippen LogP contribution < -0.4 is 0 Å². The highest BCUT2D eigenvalue weighted by Gasteiger charge is 1.99. The van der Waals surface area contributed by atoms with Crippen LogP contribution in [0.4, 0.5) is 0 Å². The van der Waals surface area contributed by atoms with E-state index >= 15 is 0 Å². The van der Waals surface area contributed by atoms with Crippen molar-refractivity contribution in [2.45, 2.75) is 13.8 Å². The van der Waals surface area contributed by atoms with Gasteiger partial charge in [0.25, 0.3) is 0 Å². The minimum atomic E-state index is -0.741. The summed E-state index contributed by atoms with van der Waals surface area (Å²) in [6.07, 6.45) is 0. The Bertz CT molecular complexity index is 64.8. The van der Waals surface area contributed by atoms with Gasteiger partial charge >= 0.3 is 5.97 Å². The molecule has 2 nitrogen and oxygen atoms in total. The van der Waals surface area contributed by atoms with E-state index < -0.39 is 5.97 Å². The molecule has 0 aliphatic heterocycles. The maximum absolute atomic E-state index is 9.70. The van der Waals surface area contributed by atoms with E-state index in [1.807, 2.05) is 0 Å². The van der Waals surface area contributed by atoms with Gasteiger partial charge in [0.1, 0.15) is 0 Å². The van der Waals surface area contributed by atoms with Crippen molar-refractivity contribution in [2.24, 2.45) is 5.92 Å². The fraction of sp³-hybridized carbons (Fsp3) is 0.750. The van der Waals surface area contributed by atoms with Gasteiger partial charge in [0.05, 0.1) is 5.92 Å². The molecule has 1 N–H and O–H groups in total. The topological polar surface area (TPSA) is 37.3 Å². The Morgan fingerprint density at radius 3 is 1.33 bits per heavy atom. The lowest BCUT2D eigenvalue weighted by molar-refractivity contribution is -0.140. The van der Waals surface area contributed by atoms with Crippen molar-refractivity contribution < 1.29 is 9.90 Å². The molecule has 0 bridgehead atoms. The van der Waals surface area contributed by atoms with Gasteiger partial charge in [0, 0.05) is 0 Å². The molecule has 0 spiro atoms. The third-order valence-corrected chi connectivity index (χ3v) is 0.494. The van der Waals surface area contributed by atoms with Gasteiger partial charge in [0.15, 0.2) is 0 Å². The number of hydrogen-bond acceptors (Lipinski definition) is 1. The first-order chi connectivity index (χ1) is 2.64. The van der Waals surface area contributed by atoms with Gasteiger partial charge in [0.2, 0.25) is 0 Å². The van der Waals surface area contributed by atoms with Crippen LogP contribution in [0.3, 0.4) is 0 Å². The molecule has 0 aromatic carbocycles.